The number of aromatic nitrogens is 1. The lowest BCUT2D eigenvalue weighted by atomic mass is 9.82. The highest BCUT2D eigenvalue weighted by Crippen LogP contribution is 2.43. The summed E-state index contributed by atoms with van der Waals surface area (Å²) in [5.41, 5.74) is 2.35. The van der Waals surface area contributed by atoms with Gasteiger partial charge in [0.1, 0.15) is 0 Å². The van der Waals surface area contributed by atoms with Gasteiger partial charge in [0.25, 0.3) is 0 Å². The Morgan fingerprint density at radius 3 is 2.78 bits per heavy atom. The molecule has 8 heteroatoms. The Balaban J connectivity index is 1.31. The number of allylic oxidation sites excluding steroid dienone is 1. The van der Waals surface area contributed by atoms with Crippen LogP contribution >= 0.6 is 0 Å². The lowest BCUT2D eigenvalue weighted by Gasteiger charge is -2.31. The number of halogens is 2. The van der Waals surface area contributed by atoms with Gasteiger partial charge in [-0.15, -0.1) is 0 Å². The minimum Gasteiger partial charge on any atom is -0.388 e. The maximum absolute atomic E-state index is 13.8. The van der Waals surface area contributed by atoms with E-state index >= 15 is 0 Å². The second-order valence-corrected chi connectivity index (χ2v) is 10.2. The fraction of sp³-hybridized carbons (Fsp3) is 0.321. The Bertz CT molecular complexity index is 1390. The van der Waals surface area contributed by atoms with E-state index < -0.39 is 17.2 Å². The van der Waals surface area contributed by atoms with E-state index in [9.17, 15) is 13.6 Å². The molecule has 1 atom stereocenters. The molecule has 5 rings (SSSR count). The van der Waals surface area contributed by atoms with Gasteiger partial charge in [0.15, 0.2) is 11.6 Å². The van der Waals surface area contributed by atoms with Crippen LogP contribution < -0.4 is 10.6 Å². The van der Waals surface area contributed by atoms with Gasteiger partial charge in [-0.3, -0.25) is 4.98 Å². The lowest BCUT2D eigenvalue weighted by Crippen LogP contribution is -2.48. The molecule has 2 saturated heterocycles. The van der Waals surface area contributed by atoms with Crippen LogP contribution in [0.15, 0.2) is 66.5 Å². The largest absolute Gasteiger partial charge is 0.388 e. The van der Waals surface area contributed by atoms with Crippen LogP contribution in [0.5, 0.6) is 0 Å². The summed E-state index contributed by atoms with van der Waals surface area (Å²) in [6.07, 6.45) is 5.25. The van der Waals surface area contributed by atoms with E-state index in [1.165, 1.54) is 6.07 Å². The van der Waals surface area contributed by atoms with E-state index in [1.807, 2.05) is 36.4 Å². The average Bonchev–Trinajstić information content (AvgIpc) is 3.47. The van der Waals surface area contributed by atoms with Crippen molar-refractivity contribution in [2.75, 3.05) is 19.6 Å². The number of likely N-dealkylation sites (tertiary alicyclic amines) is 1. The number of carbonyl (C=O) groups is 1. The number of rotatable bonds is 4. The number of amides is 2. The van der Waals surface area contributed by atoms with Crippen molar-refractivity contribution in [3.63, 3.8) is 0 Å². The molecule has 3 N–H and O–H groups in total. The van der Waals surface area contributed by atoms with E-state index in [2.05, 4.69) is 15.6 Å². The molecule has 3 aromatic rings. The Morgan fingerprint density at radius 1 is 1.17 bits per heavy atom. The molecule has 186 valence electrons. The van der Waals surface area contributed by atoms with Crippen molar-refractivity contribution in [1.29, 1.82) is 5.41 Å². The number of urea groups is 1. The predicted molar refractivity (Wildman–Crippen MR) is 136 cm³/mol. The Labute approximate surface area is 208 Å². The molecule has 2 aliphatic rings. The van der Waals surface area contributed by atoms with Crippen molar-refractivity contribution in [2.24, 2.45) is 5.41 Å². The molecule has 2 aromatic carbocycles. The number of para-hydroxylation sites is 1. The fourth-order valence-electron chi connectivity index (χ4n) is 5.18. The van der Waals surface area contributed by atoms with Crippen LogP contribution in [-0.2, 0) is 5.54 Å². The van der Waals surface area contributed by atoms with Crippen molar-refractivity contribution in [2.45, 2.75) is 32.2 Å². The van der Waals surface area contributed by atoms with Crippen LogP contribution in [0.3, 0.4) is 0 Å². The monoisotopic (exact) mass is 489 g/mol. The van der Waals surface area contributed by atoms with E-state index in [0.717, 1.165) is 53.7 Å². The van der Waals surface area contributed by atoms with Crippen molar-refractivity contribution >= 4 is 22.6 Å². The number of hydrogen-bond donors (Lipinski definition) is 3. The fourth-order valence-corrected chi connectivity index (χ4v) is 5.18. The summed E-state index contributed by atoms with van der Waals surface area (Å²) >= 11 is 0. The third-order valence-corrected chi connectivity index (χ3v) is 7.38. The van der Waals surface area contributed by atoms with E-state index in [4.69, 9.17) is 5.41 Å². The van der Waals surface area contributed by atoms with Crippen LogP contribution in [0, 0.1) is 22.5 Å². The first kappa shape index (κ1) is 23.9. The first-order chi connectivity index (χ1) is 17.2. The van der Waals surface area contributed by atoms with Gasteiger partial charge < -0.3 is 20.9 Å². The van der Waals surface area contributed by atoms with E-state index in [0.29, 0.717) is 24.4 Å². The molecule has 2 amide bonds. The first-order valence-corrected chi connectivity index (χ1v) is 12.1. The number of hydrogen-bond acceptors (Lipinski definition) is 4. The van der Waals surface area contributed by atoms with Crippen molar-refractivity contribution in [3.05, 3.63) is 89.3 Å². The van der Waals surface area contributed by atoms with Crippen molar-refractivity contribution in [3.8, 4) is 0 Å². The third kappa shape index (κ3) is 4.43. The minimum absolute atomic E-state index is 0.236. The van der Waals surface area contributed by atoms with Gasteiger partial charge in [-0.05, 0) is 62.6 Å². The number of fused-ring (bicyclic) bond motifs is 1. The van der Waals surface area contributed by atoms with Gasteiger partial charge in [-0.2, -0.15) is 0 Å². The second kappa shape index (κ2) is 9.00. The molecule has 2 aliphatic heterocycles. The maximum Gasteiger partial charge on any atom is 0.318 e. The molecule has 1 spiro atoms. The Hall–Kier alpha value is -3.81. The molecule has 36 heavy (non-hydrogen) atoms. The van der Waals surface area contributed by atoms with Crippen LogP contribution in [-0.4, -0.2) is 41.3 Å². The SMILES string of the molecule is CC(C)(NC(=O)N1CCC2(CCN/C2=C\C(=N)c2cnc3ccccc3c2)C1)c1ccc(F)c(F)c1. The van der Waals surface area contributed by atoms with Gasteiger partial charge in [0, 0.05) is 47.9 Å². The molecule has 1 unspecified atom stereocenters. The number of pyridine rings is 1. The first-order valence-electron chi connectivity index (χ1n) is 12.1. The maximum atomic E-state index is 13.8. The summed E-state index contributed by atoms with van der Waals surface area (Å²) in [5.74, 6) is -1.86. The molecule has 0 radical (unpaired) electrons. The normalized spacial score (nSPS) is 20.8. The highest BCUT2D eigenvalue weighted by Gasteiger charge is 2.46. The molecule has 3 heterocycles. The molecule has 6 nitrogen and oxygen atoms in total. The van der Waals surface area contributed by atoms with Crippen LogP contribution in [0.1, 0.15) is 37.8 Å². The number of benzene rings is 2. The highest BCUT2D eigenvalue weighted by molar-refractivity contribution is 6.08. The van der Waals surface area contributed by atoms with Crippen LogP contribution in [0.4, 0.5) is 13.6 Å². The number of nitrogens with zero attached hydrogens (tertiary/aromatic N) is 2. The summed E-state index contributed by atoms with van der Waals surface area (Å²) in [7, 11) is 0. The van der Waals surface area contributed by atoms with Crippen LogP contribution in [0.2, 0.25) is 0 Å². The number of nitrogens with one attached hydrogen (secondary N) is 3. The Morgan fingerprint density at radius 2 is 1.97 bits per heavy atom. The zero-order chi connectivity index (χ0) is 25.5. The number of carbonyl (C=O) groups excluding carboxylic acids is 1. The lowest BCUT2D eigenvalue weighted by molar-refractivity contribution is 0.192. The zero-order valence-electron chi connectivity index (χ0n) is 20.4. The zero-order valence-corrected chi connectivity index (χ0v) is 20.4. The Kier molecular flexibility index (Phi) is 5.98. The van der Waals surface area contributed by atoms with Gasteiger partial charge in [-0.25, -0.2) is 13.6 Å². The van der Waals surface area contributed by atoms with Crippen molar-refractivity contribution in [1.82, 2.24) is 20.5 Å². The summed E-state index contributed by atoms with van der Waals surface area (Å²) in [4.78, 5) is 19.4. The van der Waals surface area contributed by atoms with E-state index in [-0.39, 0.29) is 11.4 Å². The molecule has 0 bridgehead atoms. The summed E-state index contributed by atoms with van der Waals surface area (Å²) < 4.78 is 27.1. The van der Waals surface area contributed by atoms with Crippen molar-refractivity contribution < 1.29 is 13.6 Å². The topological polar surface area (TPSA) is 81.1 Å². The quantitative estimate of drug-likeness (QED) is 0.447. The second-order valence-electron chi connectivity index (χ2n) is 10.2. The smallest absolute Gasteiger partial charge is 0.318 e. The minimum atomic E-state index is -0.939. The van der Waals surface area contributed by atoms with Gasteiger partial charge in [-0.1, -0.05) is 24.3 Å². The molecular weight excluding hydrogens is 460 g/mol. The molecule has 0 saturated carbocycles. The van der Waals surface area contributed by atoms with Gasteiger partial charge >= 0.3 is 6.03 Å². The molecule has 2 fully saturated rings. The summed E-state index contributed by atoms with van der Waals surface area (Å²) in [6, 6.07) is 13.2. The van der Waals surface area contributed by atoms with Gasteiger partial charge in [0.2, 0.25) is 0 Å². The summed E-state index contributed by atoms with van der Waals surface area (Å²) in [6.45, 7) is 5.42. The average molecular weight is 490 g/mol. The molecule has 0 aliphatic carbocycles. The molecular formula is C28H29F2N5O. The molecule has 1 aromatic heterocycles. The predicted octanol–water partition coefficient (Wildman–Crippen LogP) is 5.10. The highest BCUT2D eigenvalue weighted by atomic mass is 19.2. The van der Waals surface area contributed by atoms with Crippen LogP contribution in [0.25, 0.3) is 10.9 Å². The van der Waals surface area contributed by atoms with E-state index in [1.54, 1.807) is 24.9 Å². The third-order valence-electron chi connectivity index (χ3n) is 7.38. The van der Waals surface area contributed by atoms with Gasteiger partial charge in [0.05, 0.1) is 16.8 Å². The summed E-state index contributed by atoms with van der Waals surface area (Å²) in [5, 5.41) is 16.1. The standard InChI is InChI=1S/C28H29F2N5O/c1-27(2,20-7-8-21(29)22(30)14-20)34-26(36)35-12-10-28(17-35)9-11-32-25(28)15-23(31)19-13-18-5-3-4-6-24(18)33-16-19/h3-8,13-16,31-32H,9-12,17H2,1-2H3,(H,34,36)/b25-15-,31-23?.